The van der Waals surface area contributed by atoms with Gasteiger partial charge in [-0.3, -0.25) is 15.0 Å². The summed E-state index contributed by atoms with van der Waals surface area (Å²) in [6.07, 6.45) is 7.20. The Morgan fingerprint density at radius 3 is 2.07 bits per heavy atom. The lowest BCUT2D eigenvalue weighted by Gasteiger charge is -2.56. The summed E-state index contributed by atoms with van der Waals surface area (Å²) in [5.74, 6) is 1.78. The van der Waals surface area contributed by atoms with E-state index in [0.29, 0.717) is 0 Å². The van der Waals surface area contributed by atoms with Gasteiger partial charge in [-0.1, -0.05) is 0 Å². The topological polar surface area (TPSA) is 64.7 Å². The number of hydrogen-bond acceptors (Lipinski definition) is 4. The number of benzene rings is 1. The Morgan fingerprint density at radius 1 is 0.933 bits per heavy atom. The fourth-order valence-electron chi connectivity index (χ4n) is 6.72. The molecule has 4 aliphatic carbocycles. The molecule has 1 aliphatic heterocycles. The number of halogens is 1. The SMILES string of the molecule is O=C(CN1CCN(c2ccc(F)cc2)CC1)NC(=O)NC12CC3CC(CC(C3)C1)C2. The van der Waals surface area contributed by atoms with Crippen molar-refractivity contribution in [2.24, 2.45) is 17.8 Å². The molecular weight excluding hydrogens is 383 g/mol. The molecule has 0 aromatic heterocycles. The zero-order valence-corrected chi connectivity index (χ0v) is 17.4. The summed E-state index contributed by atoms with van der Waals surface area (Å²) in [6, 6.07) is 6.18. The van der Waals surface area contributed by atoms with Crippen LogP contribution in [-0.4, -0.2) is 55.1 Å². The van der Waals surface area contributed by atoms with Gasteiger partial charge in [-0.05, 0) is 80.5 Å². The van der Waals surface area contributed by atoms with Crippen molar-refractivity contribution in [3.8, 4) is 0 Å². The number of nitrogens with zero attached hydrogens (tertiary/aromatic N) is 2. The highest BCUT2D eigenvalue weighted by Gasteiger charge is 2.51. The maximum absolute atomic E-state index is 13.1. The van der Waals surface area contributed by atoms with Crippen LogP contribution in [0.5, 0.6) is 0 Å². The molecule has 162 valence electrons. The molecule has 3 amide bonds. The smallest absolute Gasteiger partial charge is 0.321 e. The second-order valence-electron chi connectivity index (χ2n) is 9.94. The first-order valence-corrected chi connectivity index (χ1v) is 11.3. The molecule has 4 bridgehead atoms. The standard InChI is InChI=1S/C23H31FN4O2/c24-19-1-3-20(4-2-19)28-7-5-27(6-8-28)15-21(29)25-22(30)26-23-12-16-9-17(13-23)11-18(10-16)14-23/h1-4,16-18H,5-15H2,(H2,25,26,29,30). The van der Waals surface area contributed by atoms with Crippen LogP contribution in [0.1, 0.15) is 38.5 Å². The fourth-order valence-corrected chi connectivity index (χ4v) is 6.72. The van der Waals surface area contributed by atoms with E-state index in [-0.39, 0.29) is 29.8 Å². The predicted octanol–water partition coefficient (Wildman–Crippen LogP) is 2.74. The first-order valence-electron chi connectivity index (χ1n) is 11.3. The maximum Gasteiger partial charge on any atom is 0.321 e. The molecule has 0 atom stereocenters. The Hall–Kier alpha value is -2.15. The number of anilines is 1. The minimum Gasteiger partial charge on any atom is -0.369 e. The molecule has 0 spiro atoms. The second kappa shape index (κ2) is 7.84. The summed E-state index contributed by atoms with van der Waals surface area (Å²) < 4.78 is 13.1. The van der Waals surface area contributed by atoms with Crippen LogP contribution in [0.25, 0.3) is 0 Å². The third-order valence-electron chi connectivity index (χ3n) is 7.60. The van der Waals surface area contributed by atoms with Crippen LogP contribution < -0.4 is 15.5 Å². The number of hydrogen-bond donors (Lipinski definition) is 2. The van der Waals surface area contributed by atoms with Crippen LogP contribution >= 0.6 is 0 Å². The van der Waals surface area contributed by atoms with E-state index in [2.05, 4.69) is 20.4 Å². The number of carbonyl (C=O) groups excluding carboxylic acids is 2. The highest BCUT2D eigenvalue weighted by atomic mass is 19.1. The van der Waals surface area contributed by atoms with E-state index in [1.165, 1.54) is 31.4 Å². The summed E-state index contributed by atoms with van der Waals surface area (Å²) in [6.45, 7) is 3.26. The van der Waals surface area contributed by atoms with Crippen LogP contribution in [0, 0.1) is 23.6 Å². The molecular formula is C23H31FN4O2. The van der Waals surface area contributed by atoms with Gasteiger partial charge in [0, 0.05) is 37.4 Å². The summed E-state index contributed by atoms with van der Waals surface area (Å²) in [4.78, 5) is 29.2. The monoisotopic (exact) mass is 414 g/mol. The van der Waals surface area contributed by atoms with E-state index < -0.39 is 0 Å². The highest BCUT2D eigenvalue weighted by molar-refractivity contribution is 5.95. The molecule has 0 unspecified atom stereocenters. The molecule has 2 N–H and O–H groups in total. The molecule has 1 aromatic carbocycles. The van der Waals surface area contributed by atoms with Crippen molar-refractivity contribution >= 4 is 17.6 Å². The second-order valence-corrected chi connectivity index (χ2v) is 9.94. The van der Waals surface area contributed by atoms with Gasteiger partial charge in [-0.15, -0.1) is 0 Å². The van der Waals surface area contributed by atoms with Crippen LogP contribution in [0.3, 0.4) is 0 Å². The molecule has 1 heterocycles. The Bertz CT molecular complexity index is 769. The lowest BCUT2D eigenvalue weighted by Crippen LogP contribution is -2.62. The summed E-state index contributed by atoms with van der Waals surface area (Å²) in [5, 5.41) is 5.76. The van der Waals surface area contributed by atoms with Gasteiger partial charge in [-0.2, -0.15) is 0 Å². The van der Waals surface area contributed by atoms with Gasteiger partial charge < -0.3 is 10.2 Å². The average molecular weight is 415 g/mol. The first kappa shape index (κ1) is 19.8. The van der Waals surface area contributed by atoms with Crippen molar-refractivity contribution < 1.29 is 14.0 Å². The molecule has 1 aromatic rings. The Morgan fingerprint density at radius 2 is 1.50 bits per heavy atom. The zero-order valence-electron chi connectivity index (χ0n) is 17.4. The number of piperazine rings is 1. The Labute approximate surface area is 177 Å². The molecule has 5 aliphatic rings. The molecule has 4 saturated carbocycles. The first-order chi connectivity index (χ1) is 14.5. The van der Waals surface area contributed by atoms with Gasteiger partial charge in [0.15, 0.2) is 0 Å². The van der Waals surface area contributed by atoms with Gasteiger partial charge in [0.1, 0.15) is 5.82 Å². The normalized spacial score (nSPS) is 32.8. The number of imide groups is 1. The van der Waals surface area contributed by atoms with Crippen molar-refractivity contribution in [2.45, 2.75) is 44.1 Å². The van der Waals surface area contributed by atoms with Crippen LogP contribution in [0.2, 0.25) is 0 Å². The van der Waals surface area contributed by atoms with E-state index in [1.807, 2.05) is 0 Å². The Balaban J connectivity index is 1.08. The highest BCUT2D eigenvalue weighted by Crippen LogP contribution is 2.55. The van der Waals surface area contributed by atoms with Crippen molar-refractivity contribution in [3.05, 3.63) is 30.1 Å². The number of amides is 3. The lowest BCUT2D eigenvalue weighted by molar-refractivity contribution is -0.121. The van der Waals surface area contributed by atoms with E-state index in [1.54, 1.807) is 12.1 Å². The number of nitrogens with one attached hydrogen (secondary N) is 2. The molecule has 1 saturated heterocycles. The minimum atomic E-state index is -0.327. The van der Waals surface area contributed by atoms with E-state index in [4.69, 9.17) is 0 Å². The van der Waals surface area contributed by atoms with Crippen molar-refractivity contribution in [3.63, 3.8) is 0 Å². The Kier molecular flexibility index (Phi) is 5.17. The summed E-state index contributed by atoms with van der Waals surface area (Å²) in [7, 11) is 0. The van der Waals surface area contributed by atoms with Gasteiger partial charge in [0.05, 0.1) is 6.54 Å². The van der Waals surface area contributed by atoms with Crippen LogP contribution in [0.15, 0.2) is 24.3 Å². The minimum absolute atomic E-state index is 0.0834. The molecule has 30 heavy (non-hydrogen) atoms. The van der Waals surface area contributed by atoms with Crippen LogP contribution in [-0.2, 0) is 4.79 Å². The number of rotatable bonds is 4. The van der Waals surface area contributed by atoms with Gasteiger partial charge in [0.2, 0.25) is 5.91 Å². The predicted molar refractivity (Wildman–Crippen MR) is 113 cm³/mol. The molecule has 0 radical (unpaired) electrons. The molecule has 6 nitrogen and oxygen atoms in total. The van der Waals surface area contributed by atoms with Crippen molar-refractivity contribution in [1.82, 2.24) is 15.5 Å². The van der Waals surface area contributed by atoms with Gasteiger partial charge in [-0.25, -0.2) is 9.18 Å². The van der Waals surface area contributed by atoms with Crippen molar-refractivity contribution in [1.29, 1.82) is 0 Å². The van der Waals surface area contributed by atoms with Gasteiger partial charge >= 0.3 is 6.03 Å². The molecule has 7 heteroatoms. The van der Waals surface area contributed by atoms with E-state index in [0.717, 1.165) is 68.9 Å². The molecule has 6 rings (SSSR count). The van der Waals surface area contributed by atoms with E-state index >= 15 is 0 Å². The summed E-state index contributed by atoms with van der Waals surface area (Å²) in [5.41, 5.74) is 0.912. The van der Waals surface area contributed by atoms with E-state index in [9.17, 15) is 14.0 Å². The summed E-state index contributed by atoms with van der Waals surface area (Å²) >= 11 is 0. The molecule has 5 fully saturated rings. The maximum atomic E-state index is 13.1. The number of urea groups is 1. The third kappa shape index (κ3) is 4.17. The van der Waals surface area contributed by atoms with Crippen LogP contribution in [0.4, 0.5) is 14.9 Å². The largest absolute Gasteiger partial charge is 0.369 e. The average Bonchev–Trinajstić information content (AvgIpc) is 2.67. The fraction of sp³-hybridized carbons (Fsp3) is 0.652. The quantitative estimate of drug-likeness (QED) is 0.795. The zero-order chi connectivity index (χ0) is 20.7. The van der Waals surface area contributed by atoms with Gasteiger partial charge in [0.25, 0.3) is 0 Å². The van der Waals surface area contributed by atoms with Crippen molar-refractivity contribution in [2.75, 3.05) is 37.6 Å². The third-order valence-corrected chi connectivity index (χ3v) is 7.60. The number of carbonyl (C=O) groups is 2. The lowest BCUT2D eigenvalue weighted by atomic mass is 9.53.